The summed E-state index contributed by atoms with van der Waals surface area (Å²) in [5.41, 5.74) is 2.74. The van der Waals surface area contributed by atoms with Crippen molar-refractivity contribution in [3.63, 3.8) is 0 Å². The number of nitrogens with one attached hydrogen (secondary N) is 2. The van der Waals surface area contributed by atoms with Gasteiger partial charge in [0.2, 0.25) is 0 Å². The van der Waals surface area contributed by atoms with Gasteiger partial charge in [-0.2, -0.15) is 0 Å². The first-order valence-electron chi connectivity index (χ1n) is 7.15. The lowest BCUT2D eigenvalue weighted by Gasteiger charge is -2.11. The van der Waals surface area contributed by atoms with Gasteiger partial charge < -0.3 is 20.1 Å². The van der Waals surface area contributed by atoms with Crippen molar-refractivity contribution in [1.29, 1.82) is 0 Å². The smallest absolute Gasteiger partial charge is 0.323 e. The highest BCUT2D eigenvalue weighted by Gasteiger charge is 2.07. The summed E-state index contributed by atoms with van der Waals surface area (Å²) in [6.45, 7) is 2.03. The molecule has 2 amide bonds. The Labute approximate surface area is 135 Å². The topological polar surface area (TPSA) is 59.6 Å². The van der Waals surface area contributed by atoms with E-state index in [1.165, 1.54) is 5.56 Å². The van der Waals surface area contributed by atoms with E-state index in [1.807, 2.05) is 37.3 Å². The fourth-order valence-electron chi connectivity index (χ4n) is 1.96. The maximum absolute atomic E-state index is 12.0. The predicted molar refractivity (Wildman–Crippen MR) is 91.9 cm³/mol. The lowest BCUT2D eigenvalue weighted by molar-refractivity contribution is 0.255. The summed E-state index contributed by atoms with van der Waals surface area (Å²) in [7, 11) is 3.11. The van der Waals surface area contributed by atoms with E-state index in [0.29, 0.717) is 17.2 Å². The number of carbonyl (C=O) groups excluding carboxylic acids is 1. The number of anilines is 1. The van der Waals surface area contributed by atoms with Gasteiger partial charge in [0.05, 0.1) is 19.9 Å². The van der Waals surface area contributed by atoms with Crippen LogP contribution in [0.25, 0.3) is 6.08 Å². The summed E-state index contributed by atoms with van der Waals surface area (Å²) in [5.74, 6) is 1.19. The second-order valence-corrected chi connectivity index (χ2v) is 4.91. The molecule has 0 heterocycles. The van der Waals surface area contributed by atoms with E-state index in [-0.39, 0.29) is 6.03 Å². The van der Waals surface area contributed by atoms with E-state index >= 15 is 0 Å². The Morgan fingerprint density at radius 3 is 2.43 bits per heavy atom. The molecule has 0 atom stereocenters. The maximum Gasteiger partial charge on any atom is 0.323 e. The molecule has 0 saturated carbocycles. The molecule has 0 saturated heterocycles. The summed E-state index contributed by atoms with van der Waals surface area (Å²) in [6, 6.07) is 12.8. The molecule has 2 rings (SSSR count). The first kappa shape index (κ1) is 16.4. The summed E-state index contributed by atoms with van der Waals surface area (Å²) >= 11 is 0. The van der Waals surface area contributed by atoms with Gasteiger partial charge in [0.25, 0.3) is 0 Å². The zero-order valence-corrected chi connectivity index (χ0v) is 13.4. The summed E-state index contributed by atoms with van der Waals surface area (Å²) < 4.78 is 10.4. The molecule has 0 fully saturated rings. The van der Waals surface area contributed by atoms with Gasteiger partial charge >= 0.3 is 6.03 Å². The minimum absolute atomic E-state index is 0.361. The second-order valence-electron chi connectivity index (χ2n) is 4.91. The molecule has 0 spiro atoms. The number of carbonyl (C=O) groups is 1. The van der Waals surface area contributed by atoms with Crippen molar-refractivity contribution in [3.05, 3.63) is 59.8 Å². The molecule has 23 heavy (non-hydrogen) atoms. The molecule has 0 aliphatic heterocycles. The van der Waals surface area contributed by atoms with Gasteiger partial charge in [-0.15, -0.1) is 0 Å². The van der Waals surface area contributed by atoms with Crippen LogP contribution in [0.3, 0.4) is 0 Å². The highest BCUT2D eigenvalue weighted by atomic mass is 16.5. The number of rotatable bonds is 5. The average molecular weight is 312 g/mol. The minimum atomic E-state index is -0.361. The Morgan fingerprint density at radius 1 is 1.04 bits per heavy atom. The predicted octanol–water partition coefficient (Wildman–Crippen LogP) is 3.80. The standard InChI is InChI=1S/C18H20N2O3/c1-13-4-6-14(7-5-13)10-11-19-18(21)20-16-12-15(22-2)8-9-17(16)23-3/h4-12H,1-3H3,(H2,19,20,21)/b11-10+. The monoisotopic (exact) mass is 312 g/mol. The van der Waals surface area contributed by atoms with E-state index in [9.17, 15) is 4.79 Å². The second kappa shape index (κ2) is 7.89. The fourth-order valence-corrected chi connectivity index (χ4v) is 1.96. The SMILES string of the molecule is COc1ccc(OC)c(NC(=O)N/C=C/c2ccc(C)cc2)c1. The molecule has 0 bridgehead atoms. The quantitative estimate of drug-likeness (QED) is 0.882. The molecule has 0 aromatic heterocycles. The van der Waals surface area contributed by atoms with Gasteiger partial charge in [0.15, 0.2) is 0 Å². The third kappa shape index (κ3) is 4.78. The van der Waals surface area contributed by atoms with E-state index in [1.54, 1.807) is 38.6 Å². The van der Waals surface area contributed by atoms with Gasteiger partial charge in [0, 0.05) is 12.3 Å². The van der Waals surface area contributed by atoms with Crippen molar-refractivity contribution in [1.82, 2.24) is 5.32 Å². The van der Waals surface area contributed by atoms with Gasteiger partial charge in [-0.05, 0) is 30.7 Å². The first-order valence-corrected chi connectivity index (χ1v) is 7.15. The Balaban J connectivity index is 1.98. The number of hydrogen-bond donors (Lipinski definition) is 2. The third-order valence-electron chi connectivity index (χ3n) is 3.22. The fraction of sp³-hybridized carbons (Fsp3) is 0.167. The van der Waals surface area contributed by atoms with Crippen LogP contribution in [0.4, 0.5) is 10.5 Å². The normalized spacial score (nSPS) is 10.4. The van der Waals surface area contributed by atoms with Gasteiger partial charge in [-0.3, -0.25) is 0 Å². The number of methoxy groups -OCH3 is 2. The molecule has 0 aliphatic carbocycles. The van der Waals surface area contributed by atoms with Crippen molar-refractivity contribution < 1.29 is 14.3 Å². The highest BCUT2D eigenvalue weighted by molar-refractivity contribution is 5.92. The summed E-state index contributed by atoms with van der Waals surface area (Å²) in [5, 5.41) is 5.38. The van der Waals surface area contributed by atoms with E-state index in [2.05, 4.69) is 10.6 Å². The lowest BCUT2D eigenvalue weighted by Crippen LogP contribution is -2.24. The molecule has 0 unspecified atom stereocenters. The largest absolute Gasteiger partial charge is 0.497 e. The average Bonchev–Trinajstić information content (AvgIpc) is 2.56. The molecule has 0 aliphatic rings. The maximum atomic E-state index is 12.0. The number of urea groups is 1. The Kier molecular flexibility index (Phi) is 5.63. The minimum Gasteiger partial charge on any atom is -0.497 e. The van der Waals surface area contributed by atoms with Crippen LogP contribution in [0, 0.1) is 6.92 Å². The number of hydrogen-bond acceptors (Lipinski definition) is 3. The Hall–Kier alpha value is -2.95. The lowest BCUT2D eigenvalue weighted by atomic mass is 10.1. The van der Waals surface area contributed by atoms with Gasteiger partial charge in [0.1, 0.15) is 11.5 Å². The van der Waals surface area contributed by atoms with Crippen LogP contribution in [-0.4, -0.2) is 20.3 Å². The van der Waals surface area contributed by atoms with Crippen molar-refractivity contribution >= 4 is 17.8 Å². The Bertz CT molecular complexity index is 694. The van der Waals surface area contributed by atoms with Crippen molar-refractivity contribution in [3.8, 4) is 11.5 Å². The van der Waals surface area contributed by atoms with E-state index < -0.39 is 0 Å². The van der Waals surface area contributed by atoms with Crippen LogP contribution in [0.5, 0.6) is 11.5 Å². The number of ether oxygens (including phenoxy) is 2. The molecule has 120 valence electrons. The van der Waals surface area contributed by atoms with Crippen LogP contribution in [0.15, 0.2) is 48.7 Å². The van der Waals surface area contributed by atoms with Gasteiger partial charge in [-0.25, -0.2) is 4.79 Å². The zero-order valence-electron chi connectivity index (χ0n) is 13.4. The molecule has 2 aromatic carbocycles. The highest BCUT2D eigenvalue weighted by Crippen LogP contribution is 2.28. The molecule has 2 aromatic rings. The number of aryl methyl sites for hydroxylation is 1. The van der Waals surface area contributed by atoms with Crippen LogP contribution in [0.1, 0.15) is 11.1 Å². The molecule has 2 N–H and O–H groups in total. The number of benzene rings is 2. The molecule has 0 radical (unpaired) electrons. The van der Waals surface area contributed by atoms with Crippen LogP contribution in [0.2, 0.25) is 0 Å². The van der Waals surface area contributed by atoms with Crippen LogP contribution >= 0.6 is 0 Å². The molecule has 5 heteroatoms. The van der Waals surface area contributed by atoms with E-state index in [0.717, 1.165) is 5.56 Å². The van der Waals surface area contributed by atoms with E-state index in [4.69, 9.17) is 9.47 Å². The Morgan fingerprint density at radius 2 is 1.78 bits per heavy atom. The van der Waals surface area contributed by atoms with Crippen LogP contribution < -0.4 is 20.1 Å². The third-order valence-corrected chi connectivity index (χ3v) is 3.22. The first-order chi connectivity index (χ1) is 11.1. The van der Waals surface area contributed by atoms with Crippen LogP contribution in [-0.2, 0) is 0 Å². The molecular weight excluding hydrogens is 292 g/mol. The molecular formula is C18H20N2O3. The number of amides is 2. The summed E-state index contributed by atoms with van der Waals surface area (Å²) in [4.78, 5) is 12.0. The summed E-state index contributed by atoms with van der Waals surface area (Å²) in [6.07, 6.45) is 3.41. The van der Waals surface area contributed by atoms with Crippen molar-refractivity contribution in [2.24, 2.45) is 0 Å². The van der Waals surface area contributed by atoms with Gasteiger partial charge in [-0.1, -0.05) is 29.8 Å². The zero-order chi connectivity index (χ0) is 16.7. The van der Waals surface area contributed by atoms with Crippen molar-refractivity contribution in [2.45, 2.75) is 6.92 Å². The molecule has 5 nitrogen and oxygen atoms in total. The van der Waals surface area contributed by atoms with Crippen molar-refractivity contribution in [2.75, 3.05) is 19.5 Å².